The number of ether oxygens (including phenoxy) is 1. The fourth-order valence-corrected chi connectivity index (χ4v) is 0.306. The molecular weight excluding hydrogens is 120 g/mol. The molecule has 0 spiro atoms. The second kappa shape index (κ2) is 4.09. The first-order chi connectivity index (χ1) is 4.20. The first kappa shape index (κ1) is 8.17. The molecule has 0 amide bonds. The van der Waals surface area contributed by atoms with Crippen molar-refractivity contribution in [1.82, 2.24) is 0 Å². The summed E-state index contributed by atoms with van der Waals surface area (Å²) in [5, 5.41) is 8.40. The van der Waals surface area contributed by atoms with Crippen LogP contribution in [0.4, 0.5) is 0 Å². The molecule has 0 aliphatic rings. The summed E-state index contributed by atoms with van der Waals surface area (Å²) < 4.78 is 4.30. The van der Waals surface area contributed by atoms with Gasteiger partial charge in [-0.3, -0.25) is 0 Å². The molecule has 0 saturated carbocycles. The number of rotatable bonds is 2. The molecule has 0 aromatic carbocycles. The molecular formula is C6H10O3. The smallest absolute Gasteiger partial charge is 0.330 e. The van der Waals surface area contributed by atoms with E-state index in [2.05, 4.69) is 4.74 Å². The highest BCUT2D eigenvalue weighted by molar-refractivity contribution is 5.82. The van der Waals surface area contributed by atoms with E-state index in [9.17, 15) is 4.79 Å². The Morgan fingerprint density at radius 3 is 2.67 bits per heavy atom. The Labute approximate surface area is 53.9 Å². The van der Waals surface area contributed by atoms with Crippen molar-refractivity contribution in [2.24, 2.45) is 0 Å². The van der Waals surface area contributed by atoms with E-state index in [0.717, 1.165) is 0 Å². The highest BCUT2D eigenvalue weighted by Gasteiger charge is 1.92. The molecule has 0 bridgehead atoms. The summed E-state index contributed by atoms with van der Waals surface area (Å²) in [5.41, 5.74) is 0.599. The Hall–Kier alpha value is -0.830. The summed E-state index contributed by atoms with van der Waals surface area (Å²) >= 11 is 0. The van der Waals surface area contributed by atoms with Gasteiger partial charge in [-0.05, 0) is 12.5 Å². The van der Waals surface area contributed by atoms with Crippen molar-refractivity contribution in [3.63, 3.8) is 0 Å². The fraction of sp³-hybridized carbons (Fsp3) is 0.500. The van der Waals surface area contributed by atoms with E-state index < -0.39 is 5.97 Å². The third-order valence-corrected chi connectivity index (χ3v) is 0.815. The highest BCUT2D eigenvalue weighted by Crippen LogP contribution is 1.89. The van der Waals surface area contributed by atoms with Crippen LogP contribution in [0.2, 0.25) is 0 Å². The Kier molecular flexibility index (Phi) is 3.71. The number of hydrogen-bond donors (Lipinski definition) is 1. The van der Waals surface area contributed by atoms with E-state index in [1.165, 1.54) is 13.2 Å². The summed E-state index contributed by atoms with van der Waals surface area (Å²) in [6.45, 7) is 1.55. The summed E-state index contributed by atoms with van der Waals surface area (Å²) in [6.07, 6.45) is 1.25. The molecule has 0 saturated heterocycles. The number of methoxy groups -OCH3 is 1. The van der Waals surface area contributed by atoms with Gasteiger partial charge in [0.1, 0.15) is 0 Å². The molecule has 0 atom stereocenters. The molecule has 9 heavy (non-hydrogen) atoms. The lowest BCUT2D eigenvalue weighted by Crippen LogP contribution is -1.97. The van der Waals surface area contributed by atoms with E-state index >= 15 is 0 Å². The SMILES string of the molecule is COC(=O)C=C(C)CO. The third kappa shape index (κ3) is 3.73. The predicted molar refractivity (Wildman–Crippen MR) is 32.9 cm³/mol. The normalized spacial score (nSPS) is 11.2. The first-order valence-corrected chi connectivity index (χ1v) is 2.56. The second-order valence-electron chi connectivity index (χ2n) is 1.67. The van der Waals surface area contributed by atoms with Crippen molar-refractivity contribution >= 4 is 5.97 Å². The van der Waals surface area contributed by atoms with Crippen LogP contribution >= 0.6 is 0 Å². The number of esters is 1. The molecule has 0 heterocycles. The van der Waals surface area contributed by atoms with Crippen LogP contribution < -0.4 is 0 Å². The standard InChI is InChI=1S/C6H10O3/c1-5(4-7)3-6(8)9-2/h3,7H,4H2,1-2H3. The van der Waals surface area contributed by atoms with Gasteiger partial charge in [0.15, 0.2) is 0 Å². The Morgan fingerprint density at radius 1 is 1.78 bits per heavy atom. The summed E-state index contributed by atoms with van der Waals surface area (Å²) in [7, 11) is 1.30. The van der Waals surface area contributed by atoms with Gasteiger partial charge in [0.2, 0.25) is 0 Å². The molecule has 0 aromatic heterocycles. The fourth-order valence-electron chi connectivity index (χ4n) is 0.306. The minimum atomic E-state index is -0.429. The van der Waals surface area contributed by atoms with E-state index in [1.807, 2.05) is 0 Å². The second-order valence-corrected chi connectivity index (χ2v) is 1.67. The van der Waals surface area contributed by atoms with Gasteiger partial charge < -0.3 is 9.84 Å². The van der Waals surface area contributed by atoms with Gasteiger partial charge in [0.25, 0.3) is 0 Å². The minimum absolute atomic E-state index is 0.102. The zero-order valence-corrected chi connectivity index (χ0v) is 5.55. The highest BCUT2D eigenvalue weighted by atomic mass is 16.5. The topological polar surface area (TPSA) is 46.5 Å². The van der Waals surface area contributed by atoms with Crippen LogP contribution in [0.25, 0.3) is 0 Å². The summed E-state index contributed by atoms with van der Waals surface area (Å²) in [4.78, 5) is 10.4. The summed E-state index contributed by atoms with van der Waals surface area (Å²) in [6, 6.07) is 0. The maximum absolute atomic E-state index is 10.4. The van der Waals surface area contributed by atoms with Crippen LogP contribution in [-0.2, 0) is 9.53 Å². The third-order valence-electron chi connectivity index (χ3n) is 0.815. The van der Waals surface area contributed by atoms with Gasteiger partial charge in [-0.15, -0.1) is 0 Å². The van der Waals surface area contributed by atoms with Gasteiger partial charge >= 0.3 is 5.97 Å². The number of carbonyl (C=O) groups excluding carboxylic acids is 1. The van der Waals surface area contributed by atoms with Crippen molar-refractivity contribution in [2.75, 3.05) is 13.7 Å². The van der Waals surface area contributed by atoms with Gasteiger partial charge in [0, 0.05) is 6.08 Å². The molecule has 0 radical (unpaired) electrons. The predicted octanol–water partition coefficient (Wildman–Crippen LogP) is 0.0980. The maximum atomic E-state index is 10.4. The molecule has 52 valence electrons. The van der Waals surface area contributed by atoms with Gasteiger partial charge in [0.05, 0.1) is 13.7 Å². The Bertz CT molecular complexity index is 126. The van der Waals surface area contributed by atoms with Crippen molar-refractivity contribution < 1.29 is 14.6 Å². The summed E-state index contributed by atoms with van der Waals surface area (Å²) in [5.74, 6) is -0.429. The Balaban J connectivity index is 3.79. The average molecular weight is 130 g/mol. The van der Waals surface area contributed by atoms with Crippen LogP contribution in [0, 0.1) is 0 Å². The largest absolute Gasteiger partial charge is 0.466 e. The number of aliphatic hydroxyl groups excluding tert-OH is 1. The molecule has 1 N–H and O–H groups in total. The van der Waals surface area contributed by atoms with E-state index in [0.29, 0.717) is 5.57 Å². The quantitative estimate of drug-likeness (QED) is 0.426. The van der Waals surface area contributed by atoms with E-state index in [-0.39, 0.29) is 6.61 Å². The minimum Gasteiger partial charge on any atom is -0.466 e. The molecule has 3 heteroatoms. The van der Waals surface area contributed by atoms with Gasteiger partial charge in [-0.25, -0.2) is 4.79 Å². The molecule has 0 aliphatic carbocycles. The maximum Gasteiger partial charge on any atom is 0.330 e. The number of hydrogen-bond acceptors (Lipinski definition) is 3. The Morgan fingerprint density at radius 2 is 2.33 bits per heavy atom. The molecule has 0 aromatic rings. The average Bonchev–Trinajstić information content (AvgIpc) is 1.87. The van der Waals surface area contributed by atoms with Crippen molar-refractivity contribution in [3.8, 4) is 0 Å². The van der Waals surface area contributed by atoms with Crippen LogP contribution in [0.1, 0.15) is 6.92 Å². The van der Waals surface area contributed by atoms with Crippen molar-refractivity contribution in [1.29, 1.82) is 0 Å². The van der Waals surface area contributed by atoms with Crippen molar-refractivity contribution in [3.05, 3.63) is 11.6 Å². The lowest BCUT2D eigenvalue weighted by atomic mass is 10.3. The number of carbonyl (C=O) groups is 1. The molecule has 0 rings (SSSR count). The van der Waals surface area contributed by atoms with Crippen LogP contribution in [0.5, 0.6) is 0 Å². The molecule has 0 aliphatic heterocycles. The van der Waals surface area contributed by atoms with Crippen LogP contribution in [-0.4, -0.2) is 24.8 Å². The van der Waals surface area contributed by atoms with E-state index in [1.54, 1.807) is 6.92 Å². The lowest BCUT2D eigenvalue weighted by Gasteiger charge is -1.92. The lowest BCUT2D eigenvalue weighted by molar-refractivity contribution is -0.134. The zero-order chi connectivity index (χ0) is 7.28. The van der Waals surface area contributed by atoms with Gasteiger partial charge in [-0.2, -0.15) is 0 Å². The van der Waals surface area contributed by atoms with E-state index in [4.69, 9.17) is 5.11 Å². The van der Waals surface area contributed by atoms with Gasteiger partial charge in [-0.1, -0.05) is 0 Å². The first-order valence-electron chi connectivity index (χ1n) is 2.56. The number of aliphatic hydroxyl groups is 1. The molecule has 0 unspecified atom stereocenters. The van der Waals surface area contributed by atoms with Crippen LogP contribution in [0.15, 0.2) is 11.6 Å². The molecule has 0 fully saturated rings. The monoisotopic (exact) mass is 130 g/mol. The van der Waals surface area contributed by atoms with Crippen LogP contribution in [0.3, 0.4) is 0 Å². The van der Waals surface area contributed by atoms with Crippen molar-refractivity contribution in [2.45, 2.75) is 6.92 Å². The molecule has 3 nitrogen and oxygen atoms in total. The zero-order valence-electron chi connectivity index (χ0n) is 5.55.